The highest BCUT2D eigenvalue weighted by Crippen LogP contribution is 2.20. The van der Waals surface area contributed by atoms with Gasteiger partial charge in [0, 0.05) is 50.1 Å². The lowest BCUT2D eigenvalue weighted by Crippen LogP contribution is -2.52. The minimum Gasteiger partial charge on any atom is -0.357 e. The summed E-state index contributed by atoms with van der Waals surface area (Å²) in [5.41, 5.74) is 0. The van der Waals surface area contributed by atoms with Crippen LogP contribution in [0.3, 0.4) is 0 Å². The molecule has 0 aromatic carbocycles. The zero-order valence-corrected chi connectivity index (χ0v) is 16.1. The molecule has 1 atom stereocenters. The van der Waals surface area contributed by atoms with Crippen LogP contribution in [0, 0.1) is 0 Å². The fourth-order valence-electron chi connectivity index (χ4n) is 2.31. The summed E-state index contributed by atoms with van der Waals surface area (Å²) in [6.07, 6.45) is 2.14. The van der Waals surface area contributed by atoms with Crippen molar-refractivity contribution in [1.82, 2.24) is 20.4 Å². The molecule has 0 amide bonds. The summed E-state index contributed by atoms with van der Waals surface area (Å²) in [4.78, 5) is 9.69. The number of likely N-dealkylation sites (N-methyl/N-ethyl adjacent to an activating group) is 1. The van der Waals surface area contributed by atoms with Crippen molar-refractivity contribution in [3.63, 3.8) is 0 Å². The molecule has 1 saturated heterocycles. The molecular formula is C16H35N5S. The highest BCUT2D eigenvalue weighted by Gasteiger charge is 2.19. The maximum atomic E-state index is 4.73. The minimum atomic E-state index is 0.186. The van der Waals surface area contributed by atoms with Crippen LogP contribution in [0.4, 0.5) is 0 Å². The van der Waals surface area contributed by atoms with E-state index in [0.29, 0.717) is 6.04 Å². The molecular weight excluding hydrogens is 294 g/mol. The summed E-state index contributed by atoms with van der Waals surface area (Å²) < 4.78 is 0.186. The van der Waals surface area contributed by atoms with Crippen LogP contribution in [0.25, 0.3) is 0 Å². The first-order valence-electron chi connectivity index (χ1n) is 8.38. The van der Waals surface area contributed by atoms with Gasteiger partial charge in [-0.05, 0) is 41.0 Å². The number of nitrogens with zero attached hydrogens (tertiary/aromatic N) is 3. The molecule has 0 aromatic rings. The molecule has 0 aromatic heterocycles. The molecule has 1 aliphatic rings. The van der Waals surface area contributed by atoms with Crippen molar-refractivity contribution in [3.05, 3.63) is 0 Å². The standard InChI is InChI=1S/C16H35N5S/c1-7-17-15(19-13-16(3,4)22-6)18-12-14(2)21-10-8-20(5)9-11-21/h14H,7-13H2,1-6H3,(H2,17,18,19). The molecule has 0 aliphatic carbocycles. The fourth-order valence-corrected chi connectivity index (χ4v) is 2.51. The van der Waals surface area contributed by atoms with Crippen molar-refractivity contribution in [3.8, 4) is 0 Å². The molecule has 0 saturated carbocycles. The maximum absolute atomic E-state index is 4.73. The lowest BCUT2D eigenvalue weighted by atomic mass is 10.2. The van der Waals surface area contributed by atoms with E-state index in [1.807, 2.05) is 11.8 Å². The quantitative estimate of drug-likeness (QED) is 0.545. The Morgan fingerprint density at radius 3 is 2.41 bits per heavy atom. The number of guanidine groups is 1. The van der Waals surface area contributed by atoms with Crippen LogP contribution in [0.15, 0.2) is 4.99 Å². The Hall–Kier alpha value is -0.460. The molecule has 6 heteroatoms. The van der Waals surface area contributed by atoms with Gasteiger partial charge in [-0.25, -0.2) is 0 Å². The molecule has 1 fully saturated rings. The van der Waals surface area contributed by atoms with Gasteiger partial charge in [-0.1, -0.05) is 0 Å². The maximum Gasteiger partial charge on any atom is 0.191 e. The number of rotatable bonds is 7. The van der Waals surface area contributed by atoms with Gasteiger partial charge in [0.1, 0.15) is 0 Å². The summed E-state index contributed by atoms with van der Waals surface area (Å²) in [5, 5.41) is 6.85. The minimum absolute atomic E-state index is 0.186. The van der Waals surface area contributed by atoms with E-state index in [-0.39, 0.29) is 4.75 Å². The number of piperazine rings is 1. The molecule has 0 spiro atoms. The van der Waals surface area contributed by atoms with E-state index in [0.717, 1.165) is 38.7 Å². The van der Waals surface area contributed by atoms with Crippen molar-refractivity contribution in [2.75, 3.05) is 59.1 Å². The lowest BCUT2D eigenvalue weighted by molar-refractivity contribution is 0.120. The first-order chi connectivity index (χ1) is 10.4. The highest BCUT2D eigenvalue weighted by atomic mass is 32.2. The Morgan fingerprint density at radius 1 is 1.23 bits per heavy atom. The van der Waals surface area contributed by atoms with Crippen LogP contribution >= 0.6 is 11.8 Å². The third-order valence-electron chi connectivity index (χ3n) is 4.24. The molecule has 5 nitrogen and oxygen atoms in total. The van der Waals surface area contributed by atoms with E-state index in [1.165, 1.54) is 13.1 Å². The average molecular weight is 330 g/mol. The van der Waals surface area contributed by atoms with Gasteiger partial charge in [-0.3, -0.25) is 9.89 Å². The van der Waals surface area contributed by atoms with E-state index >= 15 is 0 Å². The van der Waals surface area contributed by atoms with Crippen molar-refractivity contribution in [1.29, 1.82) is 0 Å². The summed E-state index contributed by atoms with van der Waals surface area (Å²) in [5.74, 6) is 0.936. The summed E-state index contributed by atoms with van der Waals surface area (Å²) in [7, 11) is 2.20. The molecule has 2 N–H and O–H groups in total. The fraction of sp³-hybridized carbons (Fsp3) is 0.938. The van der Waals surface area contributed by atoms with E-state index in [9.17, 15) is 0 Å². The predicted octanol–water partition coefficient (Wildman–Crippen LogP) is 1.32. The van der Waals surface area contributed by atoms with Crippen molar-refractivity contribution < 1.29 is 0 Å². The summed E-state index contributed by atoms with van der Waals surface area (Å²) in [6.45, 7) is 16.2. The first-order valence-corrected chi connectivity index (χ1v) is 9.60. The Labute approximate surface area is 141 Å². The topological polar surface area (TPSA) is 42.9 Å². The SMILES string of the molecule is CCNC(=NCC(C)(C)SC)NCC(C)N1CCN(C)CC1. The van der Waals surface area contributed by atoms with Crippen LogP contribution in [-0.4, -0.2) is 85.7 Å². The normalized spacial score (nSPS) is 20.0. The van der Waals surface area contributed by atoms with Gasteiger partial charge in [0.2, 0.25) is 0 Å². The van der Waals surface area contributed by atoms with Gasteiger partial charge < -0.3 is 15.5 Å². The second-order valence-corrected chi connectivity index (χ2v) is 8.24. The smallest absolute Gasteiger partial charge is 0.191 e. The van der Waals surface area contributed by atoms with Gasteiger partial charge in [0.25, 0.3) is 0 Å². The molecule has 130 valence electrons. The Bertz CT molecular complexity index is 337. The molecule has 0 bridgehead atoms. The average Bonchev–Trinajstić information content (AvgIpc) is 2.50. The first kappa shape index (κ1) is 19.6. The predicted molar refractivity (Wildman–Crippen MR) is 100 cm³/mol. The van der Waals surface area contributed by atoms with Gasteiger partial charge in [-0.2, -0.15) is 11.8 Å². The third kappa shape index (κ3) is 7.20. The number of hydrogen-bond acceptors (Lipinski definition) is 4. The van der Waals surface area contributed by atoms with E-state index in [2.05, 4.69) is 61.4 Å². The Balaban J connectivity index is 2.44. The van der Waals surface area contributed by atoms with Crippen LogP contribution in [-0.2, 0) is 0 Å². The number of nitrogens with one attached hydrogen (secondary N) is 2. The van der Waals surface area contributed by atoms with Crippen LogP contribution in [0.5, 0.6) is 0 Å². The van der Waals surface area contributed by atoms with Crippen LogP contribution in [0.1, 0.15) is 27.7 Å². The lowest BCUT2D eigenvalue weighted by Gasteiger charge is -2.36. The largest absolute Gasteiger partial charge is 0.357 e. The van der Waals surface area contributed by atoms with E-state index in [1.54, 1.807) is 0 Å². The molecule has 22 heavy (non-hydrogen) atoms. The van der Waals surface area contributed by atoms with Crippen LogP contribution in [0.2, 0.25) is 0 Å². The molecule has 1 unspecified atom stereocenters. The van der Waals surface area contributed by atoms with Gasteiger partial charge >= 0.3 is 0 Å². The van der Waals surface area contributed by atoms with Gasteiger partial charge in [0.05, 0.1) is 6.54 Å². The molecule has 1 aliphatic heterocycles. The van der Waals surface area contributed by atoms with Crippen molar-refractivity contribution in [2.24, 2.45) is 4.99 Å². The zero-order chi connectivity index (χ0) is 16.6. The molecule has 1 heterocycles. The molecule has 1 rings (SSSR count). The summed E-state index contributed by atoms with van der Waals surface area (Å²) in [6, 6.07) is 0.533. The Morgan fingerprint density at radius 2 is 1.86 bits per heavy atom. The van der Waals surface area contributed by atoms with E-state index in [4.69, 9.17) is 4.99 Å². The highest BCUT2D eigenvalue weighted by molar-refractivity contribution is 7.99. The third-order valence-corrected chi connectivity index (χ3v) is 5.48. The molecule has 0 radical (unpaired) electrons. The monoisotopic (exact) mass is 329 g/mol. The van der Waals surface area contributed by atoms with Crippen molar-refractivity contribution in [2.45, 2.75) is 38.5 Å². The van der Waals surface area contributed by atoms with Gasteiger partial charge in [0.15, 0.2) is 5.96 Å². The number of hydrogen-bond donors (Lipinski definition) is 2. The second kappa shape index (κ2) is 9.63. The van der Waals surface area contributed by atoms with Crippen LogP contribution < -0.4 is 10.6 Å². The van der Waals surface area contributed by atoms with Gasteiger partial charge in [-0.15, -0.1) is 0 Å². The van der Waals surface area contributed by atoms with E-state index < -0.39 is 0 Å². The zero-order valence-electron chi connectivity index (χ0n) is 15.3. The number of aliphatic imine (C=N–C) groups is 1. The summed E-state index contributed by atoms with van der Waals surface area (Å²) >= 11 is 1.86. The Kier molecular flexibility index (Phi) is 8.57. The second-order valence-electron chi connectivity index (χ2n) is 6.73. The van der Waals surface area contributed by atoms with Crippen molar-refractivity contribution >= 4 is 17.7 Å². The number of thioether (sulfide) groups is 1.